The van der Waals surface area contributed by atoms with Crippen LogP contribution in [0.15, 0.2) is 30.5 Å². The third-order valence-corrected chi connectivity index (χ3v) is 3.45. The van der Waals surface area contributed by atoms with Crippen molar-refractivity contribution in [1.29, 1.82) is 0 Å². The summed E-state index contributed by atoms with van der Waals surface area (Å²) in [5, 5.41) is 0. The monoisotopic (exact) mass is 244 g/mol. The van der Waals surface area contributed by atoms with Gasteiger partial charge in [0.05, 0.1) is 0 Å². The number of pyridine rings is 1. The lowest BCUT2D eigenvalue weighted by Gasteiger charge is -2.19. The van der Waals surface area contributed by atoms with Crippen molar-refractivity contribution >= 4 is 11.4 Å². The fourth-order valence-corrected chi connectivity index (χ4v) is 2.41. The van der Waals surface area contributed by atoms with E-state index in [2.05, 4.69) is 29.7 Å². The molecule has 0 radical (unpaired) electrons. The molecule has 2 aromatic rings. The average Bonchev–Trinajstić information content (AvgIpc) is 2.66. The number of fused-ring (bicyclic) bond motifs is 1. The summed E-state index contributed by atoms with van der Waals surface area (Å²) in [5.74, 6) is 0.149. The van der Waals surface area contributed by atoms with Gasteiger partial charge in [-0.1, -0.05) is 6.07 Å². The predicted octanol–water partition coefficient (Wildman–Crippen LogP) is 2.66. The van der Waals surface area contributed by atoms with Gasteiger partial charge in [-0.15, -0.1) is 0 Å². The molecule has 0 N–H and O–H groups in total. The molecular formula is C15H20N2O. The first kappa shape index (κ1) is 12.7. The van der Waals surface area contributed by atoms with E-state index in [-0.39, 0.29) is 5.91 Å². The number of nitrogens with zero attached hydrogens (tertiary/aromatic N) is 2. The molecule has 2 aromatic heterocycles. The summed E-state index contributed by atoms with van der Waals surface area (Å²) in [5.41, 5.74) is 3.81. The number of hydrogen-bond acceptors (Lipinski definition) is 1. The van der Waals surface area contributed by atoms with Gasteiger partial charge in [-0.3, -0.25) is 4.79 Å². The van der Waals surface area contributed by atoms with Gasteiger partial charge in [-0.25, -0.2) is 0 Å². The first-order valence-corrected chi connectivity index (χ1v) is 6.44. The van der Waals surface area contributed by atoms with Crippen molar-refractivity contribution in [3.63, 3.8) is 0 Å². The van der Waals surface area contributed by atoms with Crippen molar-refractivity contribution in [3.05, 3.63) is 41.7 Å². The minimum Gasteiger partial charge on any atom is -0.343 e. The molecule has 0 spiro atoms. The van der Waals surface area contributed by atoms with Crippen LogP contribution in [0.25, 0.3) is 5.52 Å². The molecule has 3 heteroatoms. The third kappa shape index (κ3) is 2.40. The van der Waals surface area contributed by atoms with Crippen LogP contribution in [0.4, 0.5) is 0 Å². The molecule has 0 bridgehead atoms. The largest absolute Gasteiger partial charge is 0.343 e. The molecule has 3 nitrogen and oxygen atoms in total. The number of likely N-dealkylation sites (N-methyl/N-ethyl adjacent to an activating group) is 1. The lowest BCUT2D eigenvalue weighted by molar-refractivity contribution is -0.128. The van der Waals surface area contributed by atoms with E-state index in [0.29, 0.717) is 0 Å². The normalized spacial score (nSPS) is 10.8. The average molecular weight is 244 g/mol. The molecule has 0 fully saturated rings. The number of aryl methyl sites for hydroxylation is 1. The molecule has 0 atom stereocenters. The number of rotatable bonds is 4. The standard InChI is InChI=1S/C15H20N2O/c1-4-16(13(3)18)10-8-15-12(2)11-14-7-5-6-9-17(14)15/h5-7,9,11H,4,8,10H2,1-3H3. The van der Waals surface area contributed by atoms with Crippen LogP contribution in [0.2, 0.25) is 0 Å². The van der Waals surface area contributed by atoms with Crippen molar-refractivity contribution in [1.82, 2.24) is 9.30 Å². The predicted molar refractivity (Wildman–Crippen MR) is 73.8 cm³/mol. The Morgan fingerprint density at radius 1 is 1.39 bits per heavy atom. The van der Waals surface area contributed by atoms with Crippen LogP contribution >= 0.6 is 0 Å². The van der Waals surface area contributed by atoms with Crippen LogP contribution in [-0.4, -0.2) is 28.3 Å². The van der Waals surface area contributed by atoms with Gasteiger partial charge in [0, 0.05) is 43.8 Å². The summed E-state index contributed by atoms with van der Waals surface area (Å²) < 4.78 is 2.21. The molecule has 0 aliphatic heterocycles. The molecule has 0 aliphatic carbocycles. The second-order valence-electron chi connectivity index (χ2n) is 4.62. The Morgan fingerprint density at radius 3 is 2.83 bits per heavy atom. The highest BCUT2D eigenvalue weighted by atomic mass is 16.2. The lowest BCUT2D eigenvalue weighted by atomic mass is 10.2. The summed E-state index contributed by atoms with van der Waals surface area (Å²) in [7, 11) is 0. The van der Waals surface area contributed by atoms with E-state index in [1.807, 2.05) is 24.0 Å². The molecule has 1 amide bonds. The first-order chi connectivity index (χ1) is 8.63. The van der Waals surface area contributed by atoms with Gasteiger partial charge < -0.3 is 9.30 Å². The molecule has 0 unspecified atom stereocenters. The number of amides is 1. The van der Waals surface area contributed by atoms with Crippen molar-refractivity contribution < 1.29 is 4.79 Å². The smallest absolute Gasteiger partial charge is 0.219 e. The van der Waals surface area contributed by atoms with E-state index in [1.54, 1.807) is 6.92 Å². The second-order valence-corrected chi connectivity index (χ2v) is 4.62. The molecular weight excluding hydrogens is 224 g/mol. The van der Waals surface area contributed by atoms with Crippen LogP contribution in [0.5, 0.6) is 0 Å². The van der Waals surface area contributed by atoms with Crippen molar-refractivity contribution in [2.45, 2.75) is 27.2 Å². The van der Waals surface area contributed by atoms with Crippen LogP contribution in [0.1, 0.15) is 25.1 Å². The Morgan fingerprint density at radius 2 is 2.17 bits per heavy atom. The molecule has 2 rings (SSSR count). The maximum absolute atomic E-state index is 11.4. The van der Waals surface area contributed by atoms with E-state index in [0.717, 1.165) is 19.5 Å². The van der Waals surface area contributed by atoms with E-state index < -0.39 is 0 Å². The minimum absolute atomic E-state index is 0.149. The van der Waals surface area contributed by atoms with E-state index in [1.165, 1.54) is 16.8 Å². The maximum atomic E-state index is 11.4. The van der Waals surface area contributed by atoms with Crippen LogP contribution in [0, 0.1) is 6.92 Å². The zero-order valence-electron chi connectivity index (χ0n) is 11.3. The van der Waals surface area contributed by atoms with Gasteiger partial charge in [0.25, 0.3) is 0 Å². The second kappa shape index (κ2) is 5.25. The fraction of sp³-hybridized carbons (Fsp3) is 0.400. The van der Waals surface area contributed by atoms with E-state index >= 15 is 0 Å². The number of hydrogen-bond donors (Lipinski definition) is 0. The minimum atomic E-state index is 0.149. The number of carbonyl (C=O) groups excluding carboxylic acids is 1. The molecule has 2 heterocycles. The first-order valence-electron chi connectivity index (χ1n) is 6.44. The van der Waals surface area contributed by atoms with Crippen molar-refractivity contribution in [2.75, 3.05) is 13.1 Å². The van der Waals surface area contributed by atoms with E-state index in [4.69, 9.17) is 0 Å². The Hall–Kier alpha value is -1.77. The third-order valence-electron chi connectivity index (χ3n) is 3.45. The summed E-state index contributed by atoms with van der Waals surface area (Å²) in [6, 6.07) is 8.39. The number of aromatic nitrogens is 1. The molecule has 0 aromatic carbocycles. The molecule has 96 valence electrons. The Kier molecular flexibility index (Phi) is 3.70. The highest BCUT2D eigenvalue weighted by molar-refractivity contribution is 5.73. The van der Waals surface area contributed by atoms with Gasteiger partial charge in [-0.2, -0.15) is 0 Å². The highest BCUT2D eigenvalue weighted by Crippen LogP contribution is 2.16. The number of carbonyl (C=O) groups is 1. The molecule has 18 heavy (non-hydrogen) atoms. The summed E-state index contributed by atoms with van der Waals surface area (Å²) in [6.45, 7) is 7.34. The van der Waals surface area contributed by atoms with Gasteiger partial charge in [0.1, 0.15) is 0 Å². The van der Waals surface area contributed by atoms with Gasteiger partial charge in [0.15, 0.2) is 0 Å². The zero-order valence-corrected chi connectivity index (χ0v) is 11.3. The summed E-state index contributed by atoms with van der Waals surface area (Å²) >= 11 is 0. The Bertz CT molecular complexity index is 557. The van der Waals surface area contributed by atoms with Gasteiger partial charge in [-0.05, 0) is 37.6 Å². The fourth-order valence-electron chi connectivity index (χ4n) is 2.41. The van der Waals surface area contributed by atoms with Crippen LogP contribution < -0.4 is 0 Å². The Balaban J connectivity index is 2.21. The van der Waals surface area contributed by atoms with Gasteiger partial charge >= 0.3 is 0 Å². The zero-order chi connectivity index (χ0) is 13.1. The van der Waals surface area contributed by atoms with Crippen LogP contribution in [-0.2, 0) is 11.2 Å². The molecule has 0 aliphatic rings. The maximum Gasteiger partial charge on any atom is 0.219 e. The SMILES string of the molecule is CCN(CCc1c(C)cc2ccccn12)C(C)=O. The lowest BCUT2D eigenvalue weighted by Crippen LogP contribution is -2.30. The van der Waals surface area contributed by atoms with E-state index in [9.17, 15) is 4.79 Å². The topological polar surface area (TPSA) is 24.7 Å². The van der Waals surface area contributed by atoms with Crippen molar-refractivity contribution in [3.8, 4) is 0 Å². The van der Waals surface area contributed by atoms with Crippen molar-refractivity contribution in [2.24, 2.45) is 0 Å². The summed E-state index contributed by atoms with van der Waals surface area (Å²) in [6.07, 6.45) is 2.99. The van der Waals surface area contributed by atoms with Gasteiger partial charge in [0.2, 0.25) is 5.91 Å². The van der Waals surface area contributed by atoms with Crippen LogP contribution in [0.3, 0.4) is 0 Å². The summed E-state index contributed by atoms with van der Waals surface area (Å²) in [4.78, 5) is 13.3. The quantitative estimate of drug-likeness (QED) is 0.811. The Labute approximate surface area is 108 Å². The molecule has 0 saturated heterocycles. The highest BCUT2D eigenvalue weighted by Gasteiger charge is 2.10. The molecule has 0 saturated carbocycles.